The summed E-state index contributed by atoms with van der Waals surface area (Å²) >= 11 is 0. The highest BCUT2D eigenvalue weighted by Gasteiger charge is 2.22. The molecule has 72 valence electrons. The van der Waals surface area contributed by atoms with Crippen LogP contribution in [-0.2, 0) is 5.41 Å². The first-order chi connectivity index (χ1) is 6.17. The van der Waals surface area contributed by atoms with Gasteiger partial charge in [-0.1, -0.05) is 33.6 Å². The van der Waals surface area contributed by atoms with E-state index in [9.17, 15) is 0 Å². The summed E-state index contributed by atoms with van der Waals surface area (Å²) in [5.41, 5.74) is 0.122. The second-order valence-electron chi connectivity index (χ2n) is 4.06. The molecule has 0 radical (unpaired) electrons. The number of hydrogen-bond acceptors (Lipinski definition) is 2. The van der Waals surface area contributed by atoms with Crippen LogP contribution in [0, 0.1) is 0 Å². The number of nitrogens with zero attached hydrogens (tertiary/aromatic N) is 2. The van der Waals surface area contributed by atoms with Crippen molar-refractivity contribution in [3.05, 3.63) is 24.3 Å². The van der Waals surface area contributed by atoms with Crippen LogP contribution in [0.15, 0.2) is 18.5 Å². The van der Waals surface area contributed by atoms with E-state index in [2.05, 4.69) is 30.7 Å². The molecule has 2 nitrogen and oxygen atoms in total. The topological polar surface area (TPSA) is 25.8 Å². The molecule has 0 bridgehead atoms. The van der Waals surface area contributed by atoms with Crippen LogP contribution in [0.3, 0.4) is 0 Å². The van der Waals surface area contributed by atoms with Gasteiger partial charge < -0.3 is 0 Å². The number of unbranched alkanes of at least 4 members (excludes halogenated alkanes) is 1. The fourth-order valence-corrected chi connectivity index (χ4v) is 1.38. The van der Waals surface area contributed by atoms with Crippen molar-refractivity contribution in [2.24, 2.45) is 0 Å². The Labute approximate surface area is 80.4 Å². The summed E-state index contributed by atoms with van der Waals surface area (Å²) in [5, 5.41) is 0. The van der Waals surface area contributed by atoms with Crippen LogP contribution in [0.5, 0.6) is 0 Å². The zero-order chi connectivity index (χ0) is 9.73. The predicted molar refractivity (Wildman–Crippen MR) is 54.6 cm³/mol. The van der Waals surface area contributed by atoms with Crippen LogP contribution in [0.1, 0.15) is 45.9 Å². The van der Waals surface area contributed by atoms with Gasteiger partial charge in [0, 0.05) is 17.8 Å². The van der Waals surface area contributed by atoms with E-state index in [0.717, 1.165) is 12.2 Å². The van der Waals surface area contributed by atoms with Crippen molar-refractivity contribution in [1.29, 1.82) is 0 Å². The van der Waals surface area contributed by atoms with Gasteiger partial charge >= 0.3 is 0 Å². The molecule has 0 aliphatic rings. The Hall–Kier alpha value is -0.920. The van der Waals surface area contributed by atoms with Crippen molar-refractivity contribution >= 4 is 0 Å². The smallest absolute Gasteiger partial charge is 0.133 e. The minimum absolute atomic E-state index is 0.122. The Morgan fingerprint density at radius 1 is 1.23 bits per heavy atom. The maximum atomic E-state index is 4.29. The molecule has 1 aromatic rings. The molecule has 0 saturated carbocycles. The van der Waals surface area contributed by atoms with Crippen molar-refractivity contribution in [2.75, 3.05) is 0 Å². The molecule has 0 aliphatic carbocycles. The zero-order valence-electron chi connectivity index (χ0n) is 8.75. The maximum Gasteiger partial charge on any atom is 0.133 e. The quantitative estimate of drug-likeness (QED) is 0.708. The van der Waals surface area contributed by atoms with Gasteiger partial charge in [-0.15, -0.1) is 0 Å². The van der Waals surface area contributed by atoms with Gasteiger partial charge in [0.1, 0.15) is 5.82 Å². The molecule has 0 N–H and O–H groups in total. The Morgan fingerprint density at radius 3 is 2.38 bits per heavy atom. The zero-order valence-corrected chi connectivity index (χ0v) is 8.75. The molecule has 13 heavy (non-hydrogen) atoms. The standard InChI is InChI=1S/C11H18N2/c1-4-5-7-11(2,3)10-12-8-6-9-13-10/h6,8-9H,4-5,7H2,1-3H3. The normalized spacial score (nSPS) is 11.6. The highest BCUT2D eigenvalue weighted by molar-refractivity contribution is 5.03. The third-order valence-electron chi connectivity index (χ3n) is 2.33. The first kappa shape index (κ1) is 10.2. The molecule has 0 atom stereocenters. The second kappa shape index (κ2) is 4.35. The van der Waals surface area contributed by atoms with Crippen LogP contribution >= 0.6 is 0 Å². The van der Waals surface area contributed by atoms with Crippen LogP contribution in [-0.4, -0.2) is 9.97 Å². The minimum Gasteiger partial charge on any atom is -0.241 e. The van der Waals surface area contributed by atoms with Crippen molar-refractivity contribution in [3.8, 4) is 0 Å². The van der Waals surface area contributed by atoms with Gasteiger partial charge in [-0.2, -0.15) is 0 Å². The predicted octanol–water partition coefficient (Wildman–Crippen LogP) is 2.94. The van der Waals surface area contributed by atoms with E-state index >= 15 is 0 Å². The van der Waals surface area contributed by atoms with Crippen molar-refractivity contribution in [3.63, 3.8) is 0 Å². The average molecular weight is 178 g/mol. The molecule has 1 aromatic heterocycles. The summed E-state index contributed by atoms with van der Waals surface area (Å²) in [7, 11) is 0. The van der Waals surface area contributed by atoms with Gasteiger partial charge in [0.25, 0.3) is 0 Å². The number of hydrogen-bond donors (Lipinski definition) is 0. The lowest BCUT2D eigenvalue weighted by Crippen LogP contribution is -2.20. The monoisotopic (exact) mass is 178 g/mol. The van der Waals surface area contributed by atoms with Crippen LogP contribution < -0.4 is 0 Å². The fourth-order valence-electron chi connectivity index (χ4n) is 1.38. The molecule has 0 saturated heterocycles. The lowest BCUT2D eigenvalue weighted by atomic mass is 9.86. The fraction of sp³-hybridized carbons (Fsp3) is 0.636. The highest BCUT2D eigenvalue weighted by Crippen LogP contribution is 2.25. The van der Waals surface area contributed by atoms with Gasteiger partial charge in [-0.05, 0) is 12.5 Å². The van der Waals surface area contributed by atoms with Crippen molar-refractivity contribution < 1.29 is 0 Å². The molecule has 1 heterocycles. The van der Waals surface area contributed by atoms with Gasteiger partial charge in [-0.3, -0.25) is 0 Å². The lowest BCUT2D eigenvalue weighted by Gasteiger charge is -2.21. The summed E-state index contributed by atoms with van der Waals surface area (Å²) in [6.45, 7) is 6.62. The molecular weight excluding hydrogens is 160 g/mol. The van der Waals surface area contributed by atoms with E-state index in [0.29, 0.717) is 0 Å². The third-order valence-corrected chi connectivity index (χ3v) is 2.33. The first-order valence-corrected chi connectivity index (χ1v) is 4.94. The van der Waals surface area contributed by atoms with E-state index in [1.807, 2.05) is 18.5 Å². The Bertz CT molecular complexity index is 242. The van der Waals surface area contributed by atoms with Crippen molar-refractivity contribution in [2.45, 2.75) is 45.4 Å². The summed E-state index contributed by atoms with van der Waals surface area (Å²) in [6.07, 6.45) is 7.26. The molecule has 0 amide bonds. The molecule has 0 unspecified atom stereocenters. The SMILES string of the molecule is CCCCC(C)(C)c1ncccn1. The molecular formula is C11H18N2. The molecule has 1 rings (SSSR count). The third kappa shape index (κ3) is 2.79. The maximum absolute atomic E-state index is 4.29. The lowest BCUT2D eigenvalue weighted by molar-refractivity contribution is 0.431. The Morgan fingerprint density at radius 2 is 1.85 bits per heavy atom. The van der Waals surface area contributed by atoms with E-state index in [1.54, 1.807) is 0 Å². The second-order valence-corrected chi connectivity index (χ2v) is 4.06. The van der Waals surface area contributed by atoms with Crippen molar-refractivity contribution in [1.82, 2.24) is 9.97 Å². The van der Waals surface area contributed by atoms with E-state index in [-0.39, 0.29) is 5.41 Å². The molecule has 0 spiro atoms. The van der Waals surface area contributed by atoms with Gasteiger partial charge in [0.2, 0.25) is 0 Å². The van der Waals surface area contributed by atoms with Crippen LogP contribution in [0.25, 0.3) is 0 Å². The van der Waals surface area contributed by atoms with Crippen LogP contribution in [0.4, 0.5) is 0 Å². The number of rotatable bonds is 4. The number of aromatic nitrogens is 2. The van der Waals surface area contributed by atoms with E-state index in [4.69, 9.17) is 0 Å². The summed E-state index contributed by atoms with van der Waals surface area (Å²) < 4.78 is 0. The van der Waals surface area contributed by atoms with Gasteiger partial charge in [0.15, 0.2) is 0 Å². The van der Waals surface area contributed by atoms with Gasteiger partial charge in [-0.25, -0.2) is 9.97 Å². The highest BCUT2D eigenvalue weighted by atomic mass is 14.9. The summed E-state index contributed by atoms with van der Waals surface area (Å²) in [5.74, 6) is 0.962. The van der Waals surface area contributed by atoms with Crippen LogP contribution in [0.2, 0.25) is 0 Å². The first-order valence-electron chi connectivity index (χ1n) is 4.94. The molecule has 0 fully saturated rings. The Balaban J connectivity index is 2.69. The summed E-state index contributed by atoms with van der Waals surface area (Å²) in [4.78, 5) is 8.58. The average Bonchev–Trinajstić information content (AvgIpc) is 2.16. The molecule has 0 aromatic carbocycles. The Kier molecular flexibility index (Phi) is 3.40. The largest absolute Gasteiger partial charge is 0.241 e. The van der Waals surface area contributed by atoms with E-state index < -0.39 is 0 Å². The van der Waals surface area contributed by atoms with Gasteiger partial charge in [0.05, 0.1) is 0 Å². The minimum atomic E-state index is 0.122. The molecule has 2 heteroatoms. The summed E-state index contributed by atoms with van der Waals surface area (Å²) in [6, 6.07) is 1.86. The van der Waals surface area contributed by atoms with E-state index in [1.165, 1.54) is 12.8 Å². The molecule has 0 aliphatic heterocycles.